The highest BCUT2D eigenvalue weighted by Crippen LogP contribution is 1.96. The minimum atomic E-state index is 0.191. The largest absolute Gasteiger partial charge is 0.351 e. The van der Waals surface area contributed by atoms with Crippen molar-refractivity contribution in [3.8, 4) is 0 Å². The molecule has 3 heteroatoms. The maximum atomic E-state index is 5.15. The Kier molecular flexibility index (Phi) is 1.48. The number of rotatable bonds is 0. The van der Waals surface area contributed by atoms with E-state index in [9.17, 15) is 0 Å². The zero-order valence-corrected chi connectivity index (χ0v) is 5.14. The second kappa shape index (κ2) is 2.13. The number of hydrogen-bond donors (Lipinski definition) is 1. The van der Waals surface area contributed by atoms with E-state index in [4.69, 9.17) is 4.74 Å². The molecule has 1 aliphatic heterocycles. The number of hydrazone groups is 1. The molecule has 0 bridgehead atoms. The summed E-state index contributed by atoms with van der Waals surface area (Å²) in [5.41, 5.74) is 3.74. The van der Waals surface area contributed by atoms with E-state index in [-0.39, 0.29) is 6.10 Å². The quantitative estimate of drug-likeness (QED) is 0.492. The fraction of sp³-hybridized carbons (Fsp3) is 0.800. The van der Waals surface area contributed by atoms with Crippen LogP contribution in [0.3, 0.4) is 0 Å². The Hall–Kier alpha value is -0.570. The normalized spacial score (nSPS) is 28.8. The van der Waals surface area contributed by atoms with Crippen LogP contribution in [0.4, 0.5) is 0 Å². The smallest absolute Gasteiger partial charge is 0.132 e. The molecule has 1 aliphatic rings. The SMILES string of the molecule is CC1=NNCOC1C. The Labute approximate surface area is 48.7 Å². The van der Waals surface area contributed by atoms with Gasteiger partial charge in [0.1, 0.15) is 6.73 Å². The van der Waals surface area contributed by atoms with Crippen molar-refractivity contribution < 1.29 is 4.74 Å². The lowest BCUT2D eigenvalue weighted by atomic mass is 10.3. The maximum Gasteiger partial charge on any atom is 0.132 e. The first-order chi connectivity index (χ1) is 3.80. The van der Waals surface area contributed by atoms with Gasteiger partial charge in [-0.05, 0) is 13.8 Å². The molecule has 1 rings (SSSR count). The van der Waals surface area contributed by atoms with Gasteiger partial charge in [0.2, 0.25) is 0 Å². The highest BCUT2D eigenvalue weighted by atomic mass is 16.5. The zero-order valence-electron chi connectivity index (χ0n) is 5.14. The average molecular weight is 114 g/mol. The minimum Gasteiger partial charge on any atom is -0.351 e. The van der Waals surface area contributed by atoms with Gasteiger partial charge in [-0.1, -0.05) is 0 Å². The van der Waals surface area contributed by atoms with Gasteiger partial charge in [0, 0.05) is 0 Å². The highest BCUT2D eigenvalue weighted by Gasteiger charge is 2.08. The Morgan fingerprint density at radius 2 is 2.62 bits per heavy atom. The monoisotopic (exact) mass is 114 g/mol. The Morgan fingerprint density at radius 1 is 1.88 bits per heavy atom. The van der Waals surface area contributed by atoms with Crippen molar-refractivity contribution in [1.82, 2.24) is 5.43 Å². The van der Waals surface area contributed by atoms with Gasteiger partial charge >= 0.3 is 0 Å². The van der Waals surface area contributed by atoms with Gasteiger partial charge in [-0.3, -0.25) is 5.43 Å². The summed E-state index contributed by atoms with van der Waals surface area (Å²) in [6, 6.07) is 0. The van der Waals surface area contributed by atoms with Crippen molar-refractivity contribution in [3.05, 3.63) is 0 Å². The van der Waals surface area contributed by atoms with E-state index in [1.54, 1.807) is 0 Å². The average Bonchev–Trinajstić information content (AvgIpc) is 1.77. The van der Waals surface area contributed by atoms with Crippen molar-refractivity contribution >= 4 is 5.71 Å². The Morgan fingerprint density at radius 3 is 3.00 bits per heavy atom. The molecule has 3 nitrogen and oxygen atoms in total. The molecule has 46 valence electrons. The van der Waals surface area contributed by atoms with E-state index in [2.05, 4.69) is 10.5 Å². The van der Waals surface area contributed by atoms with E-state index < -0.39 is 0 Å². The van der Waals surface area contributed by atoms with E-state index in [1.165, 1.54) is 0 Å². The van der Waals surface area contributed by atoms with E-state index >= 15 is 0 Å². The predicted molar refractivity (Wildman–Crippen MR) is 31.7 cm³/mol. The summed E-state index contributed by atoms with van der Waals surface area (Å²) < 4.78 is 5.15. The lowest BCUT2D eigenvalue weighted by Crippen LogP contribution is -2.30. The van der Waals surface area contributed by atoms with Crippen molar-refractivity contribution in [2.75, 3.05) is 6.73 Å². The molecular weight excluding hydrogens is 104 g/mol. The summed E-state index contributed by atoms with van der Waals surface area (Å²) in [6.45, 7) is 4.47. The number of ether oxygens (including phenoxy) is 1. The molecule has 0 aliphatic carbocycles. The fourth-order valence-electron chi connectivity index (χ4n) is 0.531. The molecule has 1 atom stereocenters. The molecular formula is C5H10N2O. The first-order valence-corrected chi connectivity index (χ1v) is 2.69. The molecule has 0 amide bonds. The molecule has 0 spiro atoms. The van der Waals surface area contributed by atoms with E-state index in [0.29, 0.717) is 6.73 Å². The molecule has 0 radical (unpaired) electrons. The van der Waals surface area contributed by atoms with Gasteiger partial charge in [-0.2, -0.15) is 5.10 Å². The Bertz CT molecular complexity index is 111. The second-order valence-corrected chi connectivity index (χ2v) is 1.86. The van der Waals surface area contributed by atoms with Crippen LogP contribution in [0.5, 0.6) is 0 Å². The highest BCUT2D eigenvalue weighted by molar-refractivity contribution is 5.86. The van der Waals surface area contributed by atoms with Crippen LogP contribution in [0, 0.1) is 0 Å². The molecule has 0 aromatic rings. The summed E-state index contributed by atoms with van der Waals surface area (Å²) in [7, 11) is 0. The van der Waals surface area contributed by atoms with Crippen LogP contribution >= 0.6 is 0 Å². The van der Waals surface area contributed by atoms with Gasteiger partial charge in [0.15, 0.2) is 0 Å². The van der Waals surface area contributed by atoms with Gasteiger partial charge in [0.05, 0.1) is 11.8 Å². The number of nitrogens with zero attached hydrogens (tertiary/aromatic N) is 1. The van der Waals surface area contributed by atoms with Crippen LogP contribution in [-0.2, 0) is 4.74 Å². The second-order valence-electron chi connectivity index (χ2n) is 1.86. The van der Waals surface area contributed by atoms with Crippen LogP contribution in [0.25, 0.3) is 0 Å². The fourth-order valence-corrected chi connectivity index (χ4v) is 0.531. The minimum absolute atomic E-state index is 0.191. The van der Waals surface area contributed by atoms with Crippen LogP contribution in [0.2, 0.25) is 0 Å². The zero-order chi connectivity index (χ0) is 5.98. The molecule has 0 saturated heterocycles. The molecule has 0 aromatic heterocycles. The topological polar surface area (TPSA) is 33.6 Å². The van der Waals surface area contributed by atoms with Gasteiger partial charge in [0.25, 0.3) is 0 Å². The van der Waals surface area contributed by atoms with Crippen molar-refractivity contribution in [2.24, 2.45) is 5.10 Å². The standard InChI is InChI=1S/C5H10N2O/c1-4-5(2)8-3-6-7-4/h5-6H,3H2,1-2H3. The lowest BCUT2D eigenvalue weighted by Gasteiger charge is -2.17. The number of hydrogen-bond acceptors (Lipinski definition) is 3. The molecule has 0 saturated carbocycles. The summed E-state index contributed by atoms with van der Waals surface area (Å²) in [5.74, 6) is 0. The first-order valence-electron chi connectivity index (χ1n) is 2.69. The third-order valence-corrected chi connectivity index (χ3v) is 1.24. The third-order valence-electron chi connectivity index (χ3n) is 1.24. The van der Waals surface area contributed by atoms with Crippen LogP contribution in [0.1, 0.15) is 13.8 Å². The third kappa shape index (κ3) is 0.980. The maximum absolute atomic E-state index is 5.15. The molecule has 1 heterocycles. The van der Waals surface area contributed by atoms with Crippen molar-refractivity contribution in [1.29, 1.82) is 0 Å². The Balaban J connectivity index is 2.53. The first kappa shape index (κ1) is 5.56. The van der Waals surface area contributed by atoms with E-state index in [1.807, 2.05) is 13.8 Å². The molecule has 0 fully saturated rings. The van der Waals surface area contributed by atoms with Gasteiger partial charge in [-0.25, -0.2) is 0 Å². The molecule has 0 aromatic carbocycles. The van der Waals surface area contributed by atoms with Crippen LogP contribution in [-0.4, -0.2) is 18.5 Å². The predicted octanol–water partition coefficient (Wildman–Crippen LogP) is 0.328. The summed E-state index contributed by atoms with van der Waals surface area (Å²) in [5, 5.41) is 3.95. The van der Waals surface area contributed by atoms with E-state index in [0.717, 1.165) is 5.71 Å². The molecule has 1 unspecified atom stereocenters. The van der Waals surface area contributed by atoms with Gasteiger partial charge < -0.3 is 4.74 Å². The van der Waals surface area contributed by atoms with Crippen molar-refractivity contribution in [2.45, 2.75) is 20.0 Å². The summed E-state index contributed by atoms with van der Waals surface area (Å²) in [6.07, 6.45) is 0.191. The van der Waals surface area contributed by atoms with Crippen LogP contribution in [0.15, 0.2) is 5.10 Å². The number of nitrogens with one attached hydrogen (secondary N) is 1. The molecule has 8 heavy (non-hydrogen) atoms. The summed E-state index contributed by atoms with van der Waals surface area (Å²) >= 11 is 0. The summed E-state index contributed by atoms with van der Waals surface area (Å²) in [4.78, 5) is 0. The van der Waals surface area contributed by atoms with Crippen molar-refractivity contribution in [3.63, 3.8) is 0 Å². The van der Waals surface area contributed by atoms with Gasteiger partial charge in [-0.15, -0.1) is 0 Å². The van der Waals surface area contributed by atoms with Crippen LogP contribution < -0.4 is 5.43 Å². The lowest BCUT2D eigenvalue weighted by molar-refractivity contribution is 0.0811. The molecule has 1 N–H and O–H groups in total.